The van der Waals surface area contributed by atoms with Crippen molar-refractivity contribution in [1.29, 1.82) is 0 Å². The van der Waals surface area contributed by atoms with Crippen molar-refractivity contribution < 1.29 is 9.90 Å². The molecular formula is C17H32N2O2. The van der Waals surface area contributed by atoms with Crippen LogP contribution in [0.15, 0.2) is 0 Å². The maximum Gasteiger partial charge on any atom is 0.234 e. The van der Waals surface area contributed by atoms with Gasteiger partial charge in [0.25, 0.3) is 0 Å². The van der Waals surface area contributed by atoms with E-state index in [1.807, 2.05) is 6.92 Å². The Morgan fingerprint density at radius 2 is 1.81 bits per heavy atom. The fraction of sp³-hybridized carbons (Fsp3) is 0.941. The molecule has 1 heterocycles. The highest BCUT2D eigenvalue weighted by Gasteiger charge is 2.25. The zero-order chi connectivity index (χ0) is 15.1. The van der Waals surface area contributed by atoms with Crippen LogP contribution in [-0.4, -0.2) is 47.2 Å². The van der Waals surface area contributed by atoms with Crippen molar-refractivity contribution in [1.82, 2.24) is 10.2 Å². The topological polar surface area (TPSA) is 52.6 Å². The van der Waals surface area contributed by atoms with Gasteiger partial charge in [0.05, 0.1) is 12.6 Å². The molecule has 4 nitrogen and oxygen atoms in total. The number of hydrogen-bond donors (Lipinski definition) is 2. The molecule has 2 atom stereocenters. The molecule has 1 saturated carbocycles. The van der Waals surface area contributed by atoms with Gasteiger partial charge in [0.1, 0.15) is 0 Å². The Morgan fingerprint density at radius 1 is 1.14 bits per heavy atom. The van der Waals surface area contributed by atoms with Gasteiger partial charge in [-0.15, -0.1) is 0 Å². The molecule has 0 aromatic heterocycles. The number of carbonyl (C=O) groups is 1. The first-order valence-corrected chi connectivity index (χ1v) is 8.86. The van der Waals surface area contributed by atoms with Crippen molar-refractivity contribution in [2.45, 2.75) is 89.3 Å². The Bertz CT molecular complexity index is 314. The molecule has 2 unspecified atom stereocenters. The van der Waals surface area contributed by atoms with Gasteiger partial charge in [0, 0.05) is 12.1 Å². The molecule has 2 aliphatic rings. The van der Waals surface area contributed by atoms with Gasteiger partial charge < -0.3 is 10.4 Å². The predicted octanol–water partition coefficient (Wildman–Crippen LogP) is 2.45. The number of carbonyl (C=O) groups excluding carboxylic acids is 1. The lowest BCUT2D eigenvalue weighted by molar-refractivity contribution is -0.123. The quantitative estimate of drug-likeness (QED) is 0.819. The van der Waals surface area contributed by atoms with Gasteiger partial charge in [-0.1, -0.05) is 32.1 Å². The van der Waals surface area contributed by atoms with Crippen molar-refractivity contribution in [2.75, 3.05) is 13.1 Å². The van der Waals surface area contributed by atoms with Gasteiger partial charge in [-0.05, 0) is 45.6 Å². The summed E-state index contributed by atoms with van der Waals surface area (Å²) in [5.74, 6) is 0.180. The highest BCUT2D eigenvalue weighted by atomic mass is 16.3. The maximum atomic E-state index is 12.3. The first kappa shape index (κ1) is 16.8. The van der Waals surface area contributed by atoms with Crippen molar-refractivity contribution in [3.05, 3.63) is 0 Å². The van der Waals surface area contributed by atoms with Crippen LogP contribution in [0.5, 0.6) is 0 Å². The van der Waals surface area contributed by atoms with E-state index in [-0.39, 0.29) is 12.0 Å². The van der Waals surface area contributed by atoms with Crippen LogP contribution in [-0.2, 0) is 4.79 Å². The van der Waals surface area contributed by atoms with Crippen molar-refractivity contribution in [3.63, 3.8) is 0 Å². The molecule has 0 radical (unpaired) electrons. The number of rotatable bonds is 5. The van der Waals surface area contributed by atoms with Crippen molar-refractivity contribution in [2.24, 2.45) is 0 Å². The van der Waals surface area contributed by atoms with E-state index in [0.717, 1.165) is 32.2 Å². The van der Waals surface area contributed by atoms with Gasteiger partial charge in [-0.25, -0.2) is 0 Å². The van der Waals surface area contributed by atoms with Crippen LogP contribution in [0.3, 0.4) is 0 Å². The summed E-state index contributed by atoms with van der Waals surface area (Å²) in [7, 11) is 0. The summed E-state index contributed by atoms with van der Waals surface area (Å²) in [6.45, 7) is 3.36. The Kier molecular flexibility index (Phi) is 6.97. The number of hydrogen-bond acceptors (Lipinski definition) is 3. The van der Waals surface area contributed by atoms with E-state index in [2.05, 4.69) is 10.2 Å². The molecule has 0 aromatic carbocycles. The van der Waals surface area contributed by atoms with Crippen LogP contribution in [0.4, 0.5) is 0 Å². The molecule has 2 N–H and O–H groups in total. The lowest BCUT2D eigenvalue weighted by Gasteiger charge is -2.31. The van der Waals surface area contributed by atoms with E-state index in [4.69, 9.17) is 0 Å². The number of nitrogens with zero attached hydrogens (tertiary/aromatic N) is 1. The van der Waals surface area contributed by atoms with E-state index in [9.17, 15) is 9.90 Å². The second kappa shape index (κ2) is 8.74. The number of amides is 1. The summed E-state index contributed by atoms with van der Waals surface area (Å²) in [5.41, 5.74) is 0. The SMILES string of the molecule is CC(O)CC1CCCCCN1CC(=O)NC1CCCCC1. The Balaban J connectivity index is 1.82. The number of likely N-dealkylation sites (tertiary alicyclic amines) is 1. The summed E-state index contributed by atoms with van der Waals surface area (Å²) in [6, 6.07) is 0.762. The number of nitrogens with one attached hydrogen (secondary N) is 1. The van der Waals surface area contributed by atoms with Crippen molar-refractivity contribution >= 4 is 5.91 Å². The molecule has 0 bridgehead atoms. The third-order valence-electron chi connectivity index (χ3n) is 4.93. The minimum absolute atomic E-state index is 0.180. The molecule has 4 heteroatoms. The lowest BCUT2D eigenvalue weighted by atomic mass is 9.95. The normalized spacial score (nSPS) is 27.0. The van der Waals surface area contributed by atoms with Gasteiger partial charge in [-0.2, -0.15) is 0 Å². The Labute approximate surface area is 129 Å². The van der Waals surface area contributed by atoms with E-state index in [1.54, 1.807) is 0 Å². The summed E-state index contributed by atoms with van der Waals surface area (Å²) in [4.78, 5) is 14.6. The summed E-state index contributed by atoms with van der Waals surface area (Å²) >= 11 is 0. The minimum Gasteiger partial charge on any atom is -0.393 e. The van der Waals surface area contributed by atoms with Crippen molar-refractivity contribution in [3.8, 4) is 0 Å². The van der Waals surface area contributed by atoms with Crippen LogP contribution in [0.2, 0.25) is 0 Å². The highest BCUT2D eigenvalue weighted by Crippen LogP contribution is 2.21. The predicted molar refractivity (Wildman–Crippen MR) is 85.1 cm³/mol. The van der Waals surface area contributed by atoms with Crippen LogP contribution in [0.25, 0.3) is 0 Å². The highest BCUT2D eigenvalue weighted by molar-refractivity contribution is 5.78. The third kappa shape index (κ3) is 5.95. The van der Waals surface area contributed by atoms with Gasteiger partial charge in [0.15, 0.2) is 0 Å². The largest absolute Gasteiger partial charge is 0.393 e. The lowest BCUT2D eigenvalue weighted by Crippen LogP contribution is -2.46. The average Bonchev–Trinajstić information content (AvgIpc) is 2.65. The second-order valence-corrected chi connectivity index (χ2v) is 6.96. The van der Waals surface area contributed by atoms with Crippen LogP contribution in [0.1, 0.15) is 71.1 Å². The number of aliphatic hydroxyl groups excluding tert-OH is 1. The standard InChI is InChI=1S/C17H32N2O2/c1-14(20)12-16-10-6-3-7-11-19(16)13-17(21)18-15-8-4-2-5-9-15/h14-16,20H,2-13H2,1H3,(H,18,21). The Hall–Kier alpha value is -0.610. The molecular weight excluding hydrogens is 264 g/mol. The summed E-state index contributed by atoms with van der Waals surface area (Å²) in [5, 5.41) is 12.9. The first-order valence-electron chi connectivity index (χ1n) is 8.86. The van der Waals surface area contributed by atoms with E-state index in [0.29, 0.717) is 18.6 Å². The molecule has 21 heavy (non-hydrogen) atoms. The fourth-order valence-electron chi connectivity index (χ4n) is 3.81. The van der Waals surface area contributed by atoms with Gasteiger partial charge in [-0.3, -0.25) is 9.69 Å². The van der Waals surface area contributed by atoms with Gasteiger partial charge >= 0.3 is 0 Å². The summed E-state index contributed by atoms with van der Waals surface area (Å²) in [6.07, 6.45) is 11.4. The molecule has 1 aliphatic carbocycles. The van der Waals surface area contributed by atoms with Crippen LogP contribution in [0, 0.1) is 0 Å². The zero-order valence-electron chi connectivity index (χ0n) is 13.5. The minimum atomic E-state index is -0.281. The third-order valence-corrected chi connectivity index (χ3v) is 4.93. The number of aliphatic hydroxyl groups is 1. The van der Waals surface area contributed by atoms with E-state index in [1.165, 1.54) is 38.5 Å². The fourth-order valence-corrected chi connectivity index (χ4v) is 3.81. The zero-order valence-corrected chi connectivity index (χ0v) is 13.5. The summed E-state index contributed by atoms with van der Waals surface area (Å²) < 4.78 is 0. The monoisotopic (exact) mass is 296 g/mol. The Morgan fingerprint density at radius 3 is 2.52 bits per heavy atom. The molecule has 1 saturated heterocycles. The van der Waals surface area contributed by atoms with E-state index < -0.39 is 0 Å². The first-order chi connectivity index (χ1) is 10.1. The molecule has 1 aliphatic heterocycles. The smallest absolute Gasteiger partial charge is 0.234 e. The second-order valence-electron chi connectivity index (χ2n) is 6.96. The maximum absolute atomic E-state index is 12.3. The van der Waals surface area contributed by atoms with Crippen LogP contribution >= 0.6 is 0 Å². The van der Waals surface area contributed by atoms with Gasteiger partial charge in [0.2, 0.25) is 5.91 Å². The molecule has 0 spiro atoms. The molecule has 0 aromatic rings. The molecule has 2 rings (SSSR count). The molecule has 122 valence electrons. The van der Waals surface area contributed by atoms with Crippen LogP contribution < -0.4 is 5.32 Å². The average molecular weight is 296 g/mol. The van der Waals surface area contributed by atoms with E-state index >= 15 is 0 Å². The molecule has 2 fully saturated rings. The molecule has 1 amide bonds.